The van der Waals surface area contributed by atoms with Crippen molar-refractivity contribution in [2.75, 3.05) is 0 Å². The van der Waals surface area contributed by atoms with E-state index in [-0.39, 0.29) is 12.0 Å². The molecule has 5 rings (SSSR count). The number of aromatic nitrogens is 2. The standard InChI is InChI=1S/C21H17N3O/c22-10-13-5-6-14-7-8-17(21(25)18(14)9-13)20-16-4-2-1-3-15(16)19-11-23-12-24(19)20/h1-6,9,11-12,17,20-21,25H,7-8H2/t17-,20+,21-/m1/s1. The molecule has 0 fully saturated rings. The van der Waals surface area contributed by atoms with E-state index in [1.807, 2.05) is 36.8 Å². The smallest absolute Gasteiger partial charge is 0.0991 e. The number of benzene rings is 2. The van der Waals surface area contributed by atoms with Gasteiger partial charge in [0.05, 0.1) is 42.0 Å². The lowest BCUT2D eigenvalue weighted by molar-refractivity contribution is 0.0720. The predicted molar refractivity (Wildman–Crippen MR) is 93.7 cm³/mol. The fourth-order valence-corrected chi connectivity index (χ4v) is 4.52. The SMILES string of the molecule is N#Cc1ccc2c(c1)[C@H](O)[C@@H]([C@@H]1c3ccccc3-c3cncn31)CC2. The molecule has 2 aromatic carbocycles. The molecule has 3 atom stereocenters. The third kappa shape index (κ3) is 2.00. The maximum Gasteiger partial charge on any atom is 0.0991 e. The minimum Gasteiger partial charge on any atom is -0.388 e. The summed E-state index contributed by atoms with van der Waals surface area (Å²) in [7, 11) is 0. The minimum atomic E-state index is -0.580. The molecule has 0 saturated heterocycles. The molecular formula is C21H17N3O. The highest BCUT2D eigenvalue weighted by atomic mass is 16.3. The Bertz CT molecular complexity index is 1010. The number of aryl methyl sites for hydroxylation is 1. The van der Waals surface area contributed by atoms with Crippen LogP contribution in [0.3, 0.4) is 0 Å². The number of aliphatic hydroxyl groups excluding tert-OH is 1. The molecule has 2 heterocycles. The number of fused-ring (bicyclic) bond motifs is 4. The molecule has 1 aromatic heterocycles. The van der Waals surface area contributed by atoms with Gasteiger partial charge in [-0.1, -0.05) is 30.3 Å². The van der Waals surface area contributed by atoms with Crippen LogP contribution in [0, 0.1) is 17.2 Å². The van der Waals surface area contributed by atoms with Crippen molar-refractivity contribution in [2.45, 2.75) is 25.0 Å². The Labute approximate surface area is 146 Å². The average Bonchev–Trinajstić information content (AvgIpc) is 3.23. The molecule has 0 spiro atoms. The molecular weight excluding hydrogens is 310 g/mol. The summed E-state index contributed by atoms with van der Waals surface area (Å²) in [6, 6.07) is 16.3. The van der Waals surface area contributed by atoms with E-state index in [0.717, 1.165) is 29.7 Å². The number of hydrogen-bond acceptors (Lipinski definition) is 3. The fraction of sp³-hybridized carbons (Fsp3) is 0.238. The zero-order valence-corrected chi connectivity index (χ0v) is 13.6. The van der Waals surface area contributed by atoms with Crippen molar-refractivity contribution in [3.8, 4) is 17.3 Å². The first kappa shape index (κ1) is 14.4. The fourth-order valence-electron chi connectivity index (χ4n) is 4.52. The van der Waals surface area contributed by atoms with Crippen molar-refractivity contribution < 1.29 is 5.11 Å². The van der Waals surface area contributed by atoms with Gasteiger partial charge in [-0.25, -0.2) is 4.98 Å². The van der Waals surface area contributed by atoms with Crippen LogP contribution in [0.1, 0.15) is 40.8 Å². The van der Waals surface area contributed by atoms with Gasteiger partial charge in [-0.05, 0) is 41.7 Å². The Morgan fingerprint density at radius 2 is 2.04 bits per heavy atom. The molecule has 0 bridgehead atoms. The van der Waals surface area contributed by atoms with Gasteiger partial charge in [0.1, 0.15) is 0 Å². The van der Waals surface area contributed by atoms with Crippen molar-refractivity contribution in [3.05, 3.63) is 77.2 Å². The van der Waals surface area contributed by atoms with E-state index in [4.69, 9.17) is 0 Å². The lowest BCUT2D eigenvalue weighted by Crippen LogP contribution is -2.28. The molecule has 25 heavy (non-hydrogen) atoms. The molecule has 2 aliphatic rings. The van der Waals surface area contributed by atoms with E-state index in [2.05, 4.69) is 33.8 Å². The summed E-state index contributed by atoms with van der Waals surface area (Å²) in [6.45, 7) is 0. The van der Waals surface area contributed by atoms with Crippen molar-refractivity contribution in [1.82, 2.24) is 9.55 Å². The quantitative estimate of drug-likeness (QED) is 0.742. The van der Waals surface area contributed by atoms with Crippen LogP contribution in [-0.4, -0.2) is 14.7 Å². The van der Waals surface area contributed by atoms with Gasteiger partial charge in [0.15, 0.2) is 0 Å². The lowest BCUT2D eigenvalue weighted by atomic mass is 9.75. The molecule has 0 radical (unpaired) electrons. The van der Waals surface area contributed by atoms with Crippen molar-refractivity contribution in [2.24, 2.45) is 5.92 Å². The molecule has 122 valence electrons. The highest BCUT2D eigenvalue weighted by molar-refractivity contribution is 5.69. The second-order valence-electron chi connectivity index (χ2n) is 6.89. The first-order valence-electron chi connectivity index (χ1n) is 8.60. The van der Waals surface area contributed by atoms with Crippen LogP contribution in [-0.2, 0) is 6.42 Å². The summed E-state index contributed by atoms with van der Waals surface area (Å²) in [5, 5.41) is 20.3. The Kier molecular flexibility index (Phi) is 3.06. The second kappa shape index (κ2) is 5.30. The van der Waals surface area contributed by atoms with Crippen LogP contribution in [0.5, 0.6) is 0 Å². The van der Waals surface area contributed by atoms with Gasteiger partial charge in [-0.3, -0.25) is 0 Å². The van der Waals surface area contributed by atoms with Gasteiger partial charge in [0, 0.05) is 11.5 Å². The van der Waals surface area contributed by atoms with Gasteiger partial charge in [0.25, 0.3) is 0 Å². The molecule has 4 heteroatoms. The molecule has 3 aromatic rings. The van der Waals surface area contributed by atoms with Crippen LogP contribution in [0.15, 0.2) is 55.0 Å². The average molecular weight is 327 g/mol. The van der Waals surface area contributed by atoms with Gasteiger partial charge >= 0.3 is 0 Å². The Hall–Kier alpha value is -2.90. The lowest BCUT2D eigenvalue weighted by Gasteiger charge is -2.35. The maximum absolute atomic E-state index is 11.1. The van der Waals surface area contributed by atoms with Gasteiger partial charge in [0.2, 0.25) is 0 Å². The third-order valence-electron chi connectivity index (χ3n) is 5.67. The summed E-state index contributed by atoms with van der Waals surface area (Å²) >= 11 is 0. The molecule has 1 aliphatic heterocycles. The molecule has 1 N–H and O–H groups in total. The topological polar surface area (TPSA) is 61.8 Å². The highest BCUT2D eigenvalue weighted by Crippen LogP contribution is 2.49. The molecule has 1 aliphatic carbocycles. The van der Waals surface area contributed by atoms with E-state index in [1.165, 1.54) is 11.1 Å². The number of rotatable bonds is 1. The monoisotopic (exact) mass is 327 g/mol. The largest absolute Gasteiger partial charge is 0.388 e. The van der Waals surface area contributed by atoms with Gasteiger partial charge < -0.3 is 9.67 Å². The molecule has 0 unspecified atom stereocenters. The first-order valence-corrected chi connectivity index (χ1v) is 8.60. The van der Waals surface area contributed by atoms with Crippen LogP contribution < -0.4 is 0 Å². The summed E-state index contributed by atoms with van der Waals surface area (Å²) in [5.41, 5.74) is 6.23. The van der Waals surface area contributed by atoms with Crippen LogP contribution >= 0.6 is 0 Å². The van der Waals surface area contributed by atoms with Crippen molar-refractivity contribution in [1.29, 1.82) is 5.26 Å². The van der Waals surface area contributed by atoms with E-state index in [1.54, 1.807) is 0 Å². The minimum absolute atomic E-state index is 0.0676. The predicted octanol–water partition coefficient (Wildman–Crippen LogP) is 3.62. The van der Waals surface area contributed by atoms with Crippen LogP contribution in [0.2, 0.25) is 0 Å². The zero-order valence-electron chi connectivity index (χ0n) is 13.6. The number of nitriles is 1. The zero-order chi connectivity index (χ0) is 17.0. The molecule has 0 amide bonds. The number of nitrogens with zero attached hydrogens (tertiary/aromatic N) is 3. The van der Waals surface area contributed by atoms with Crippen LogP contribution in [0.4, 0.5) is 0 Å². The van der Waals surface area contributed by atoms with Crippen molar-refractivity contribution in [3.63, 3.8) is 0 Å². The summed E-state index contributed by atoms with van der Waals surface area (Å²) < 4.78 is 2.19. The van der Waals surface area contributed by atoms with E-state index >= 15 is 0 Å². The van der Waals surface area contributed by atoms with Gasteiger partial charge in [-0.15, -0.1) is 0 Å². The van der Waals surface area contributed by atoms with Gasteiger partial charge in [-0.2, -0.15) is 5.26 Å². The van der Waals surface area contributed by atoms with Crippen molar-refractivity contribution >= 4 is 0 Å². The third-order valence-corrected chi connectivity index (χ3v) is 5.67. The Balaban J connectivity index is 1.62. The normalized spacial score (nSPS) is 23.4. The van der Waals surface area contributed by atoms with Crippen LogP contribution in [0.25, 0.3) is 11.3 Å². The maximum atomic E-state index is 11.1. The first-order chi connectivity index (χ1) is 12.3. The number of aliphatic hydroxyl groups is 1. The van der Waals surface area contributed by atoms with E-state index < -0.39 is 6.10 Å². The number of imidazole rings is 1. The summed E-state index contributed by atoms with van der Waals surface area (Å²) in [6.07, 6.45) is 5.02. The number of hydrogen-bond donors (Lipinski definition) is 1. The second-order valence-corrected chi connectivity index (χ2v) is 6.89. The molecule has 4 nitrogen and oxygen atoms in total. The highest BCUT2D eigenvalue weighted by Gasteiger charge is 2.40. The Morgan fingerprint density at radius 1 is 1.16 bits per heavy atom. The Morgan fingerprint density at radius 3 is 2.92 bits per heavy atom. The summed E-state index contributed by atoms with van der Waals surface area (Å²) in [5.74, 6) is 0.0676. The summed E-state index contributed by atoms with van der Waals surface area (Å²) in [4.78, 5) is 4.32. The molecule has 0 saturated carbocycles. The van der Waals surface area contributed by atoms with E-state index in [0.29, 0.717) is 5.56 Å². The van der Waals surface area contributed by atoms with E-state index in [9.17, 15) is 10.4 Å².